The third-order valence-corrected chi connectivity index (χ3v) is 1.25. The summed E-state index contributed by atoms with van der Waals surface area (Å²) in [6.45, 7) is -0.0475. The molecule has 1 heterocycles. The van der Waals surface area contributed by atoms with E-state index in [-0.39, 0.29) is 13.0 Å². The molecule has 1 atom stereocenters. The lowest BCUT2D eigenvalue weighted by Crippen LogP contribution is -2.33. The van der Waals surface area contributed by atoms with Crippen molar-refractivity contribution in [3.8, 4) is 0 Å². The molecule has 0 saturated carbocycles. The summed E-state index contributed by atoms with van der Waals surface area (Å²) in [5.74, 6) is -2.72. The first-order chi connectivity index (χ1) is 4.10. The van der Waals surface area contributed by atoms with E-state index in [1.54, 1.807) is 0 Å². The van der Waals surface area contributed by atoms with E-state index in [0.717, 1.165) is 0 Å². The van der Waals surface area contributed by atoms with E-state index in [0.29, 0.717) is 0 Å². The Labute approximate surface area is 51.4 Å². The monoisotopic (exact) mass is 138 g/mol. The van der Waals surface area contributed by atoms with Crippen LogP contribution in [0.2, 0.25) is 0 Å². The van der Waals surface area contributed by atoms with Crippen molar-refractivity contribution in [2.75, 3.05) is 6.61 Å². The molecule has 1 aliphatic heterocycles. The molecule has 0 aromatic rings. The number of rotatable bonds is 0. The second kappa shape index (κ2) is 2.19. The summed E-state index contributed by atoms with van der Waals surface area (Å²) >= 11 is 0. The number of aliphatic hydroxyl groups excluding tert-OH is 1. The smallest absolute Gasteiger partial charge is 0.255 e. The predicted octanol–water partition coefficient (Wildman–Crippen LogP) is 0.751. The van der Waals surface area contributed by atoms with Crippen LogP contribution in [0.3, 0.4) is 0 Å². The van der Waals surface area contributed by atoms with Crippen LogP contribution in [0.1, 0.15) is 12.8 Å². The first-order valence-electron chi connectivity index (χ1n) is 2.78. The molecule has 2 nitrogen and oxygen atoms in total. The zero-order valence-electron chi connectivity index (χ0n) is 4.81. The first-order valence-corrected chi connectivity index (χ1v) is 2.78. The van der Waals surface area contributed by atoms with Crippen LogP contribution < -0.4 is 0 Å². The number of aliphatic hydroxyl groups is 1. The van der Waals surface area contributed by atoms with Gasteiger partial charge in [-0.15, -0.1) is 0 Å². The summed E-state index contributed by atoms with van der Waals surface area (Å²) in [4.78, 5) is 0. The van der Waals surface area contributed by atoms with Crippen LogP contribution in [0.15, 0.2) is 0 Å². The highest BCUT2D eigenvalue weighted by Crippen LogP contribution is 2.28. The normalized spacial score (nSPS) is 34.3. The molecule has 1 saturated heterocycles. The average molecular weight is 138 g/mol. The lowest BCUT2D eigenvalue weighted by Gasteiger charge is -2.25. The van der Waals surface area contributed by atoms with Gasteiger partial charge in [0.25, 0.3) is 5.92 Å². The van der Waals surface area contributed by atoms with Gasteiger partial charge in [-0.1, -0.05) is 0 Å². The summed E-state index contributed by atoms with van der Waals surface area (Å²) in [7, 11) is 0. The van der Waals surface area contributed by atoms with Gasteiger partial charge in [0.1, 0.15) is 0 Å². The van der Waals surface area contributed by atoms with Gasteiger partial charge in [-0.2, -0.15) is 0 Å². The molecular weight excluding hydrogens is 130 g/mol. The summed E-state index contributed by atoms with van der Waals surface area (Å²) in [5.41, 5.74) is 0. The SMILES string of the molecule is OC1CC(F)(F)CCO1. The van der Waals surface area contributed by atoms with Gasteiger partial charge in [-0.05, 0) is 0 Å². The molecule has 0 aromatic heterocycles. The summed E-state index contributed by atoms with van der Waals surface area (Å²) in [6.07, 6.45) is -2.11. The summed E-state index contributed by atoms with van der Waals surface area (Å²) in [5, 5.41) is 8.54. The molecule has 4 heteroatoms. The van der Waals surface area contributed by atoms with E-state index in [1.165, 1.54) is 0 Å². The van der Waals surface area contributed by atoms with E-state index >= 15 is 0 Å². The van der Waals surface area contributed by atoms with Crippen molar-refractivity contribution < 1.29 is 18.6 Å². The third-order valence-electron chi connectivity index (χ3n) is 1.25. The molecule has 9 heavy (non-hydrogen) atoms. The molecule has 0 amide bonds. The number of hydrogen-bond donors (Lipinski definition) is 1. The highest BCUT2D eigenvalue weighted by Gasteiger charge is 2.36. The Bertz CT molecular complexity index is 105. The van der Waals surface area contributed by atoms with Gasteiger partial charge in [0.2, 0.25) is 0 Å². The van der Waals surface area contributed by atoms with Crippen LogP contribution in [-0.2, 0) is 4.74 Å². The van der Waals surface area contributed by atoms with Gasteiger partial charge in [-0.3, -0.25) is 0 Å². The van der Waals surface area contributed by atoms with Gasteiger partial charge in [-0.25, -0.2) is 8.78 Å². The van der Waals surface area contributed by atoms with Crippen LogP contribution in [0.25, 0.3) is 0 Å². The third kappa shape index (κ3) is 1.87. The van der Waals surface area contributed by atoms with Crippen molar-refractivity contribution in [2.45, 2.75) is 25.1 Å². The molecule has 1 aliphatic rings. The van der Waals surface area contributed by atoms with Crippen LogP contribution in [0.5, 0.6) is 0 Å². The summed E-state index contributed by atoms with van der Waals surface area (Å²) in [6, 6.07) is 0. The van der Waals surface area contributed by atoms with Crippen LogP contribution in [-0.4, -0.2) is 23.9 Å². The Balaban J connectivity index is 2.41. The average Bonchev–Trinajstić information content (AvgIpc) is 1.60. The van der Waals surface area contributed by atoms with Crippen molar-refractivity contribution in [2.24, 2.45) is 0 Å². The Hall–Kier alpha value is -0.220. The van der Waals surface area contributed by atoms with Crippen molar-refractivity contribution >= 4 is 0 Å². The number of alkyl halides is 2. The lowest BCUT2D eigenvalue weighted by molar-refractivity contribution is -0.199. The number of hydrogen-bond acceptors (Lipinski definition) is 2. The van der Waals surface area contributed by atoms with Crippen LogP contribution >= 0.6 is 0 Å². The second-order valence-corrected chi connectivity index (χ2v) is 2.14. The largest absolute Gasteiger partial charge is 0.368 e. The van der Waals surface area contributed by atoms with E-state index < -0.39 is 18.6 Å². The topological polar surface area (TPSA) is 29.5 Å². The fourth-order valence-electron chi connectivity index (χ4n) is 0.761. The molecule has 54 valence electrons. The van der Waals surface area contributed by atoms with Gasteiger partial charge in [0.15, 0.2) is 6.29 Å². The fraction of sp³-hybridized carbons (Fsp3) is 1.00. The Kier molecular flexibility index (Phi) is 1.68. The maximum atomic E-state index is 12.2. The van der Waals surface area contributed by atoms with Crippen LogP contribution in [0, 0.1) is 0 Å². The lowest BCUT2D eigenvalue weighted by atomic mass is 10.1. The molecule has 0 aliphatic carbocycles. The Morgan fingerprint density at radius 1 is 1.56 bits per heavy atom. The highest BCUT2D eigenvalue weighted by atomic mass is 19.3. The van der Waals surface area contributed by atoms with Crippen molar-refractivity contribution in [1.82, 2.24) is 0 Å². The Morgan fingerprint density at radius 2 is 2.22 bits per heavy atom. The second-order valence-electron chi connectivity index (χ2n) is 2.14. The zero-order chi connectivity index (χ0) is 6.91. The minimum absolute atomic E-state index is 0.0475. The fourth-order valence-corrected chi connectivity index (χ4v) is 0.761. The summed E-state index contributed by atoms with van der Waals surface area (Å²) < 4.78 is 28.9. The molecule has 1 fully saturated rings. The predicted molar refractivity (Wildman–Crippen MR) is 26.1 cm³/mol. The van der Waals surface area contributed by atoms with E-state index in [2.05, 4.69) is 4.74 Å². The van der Waals surface area contributed by atoms with Crippen molar-refractivity contribution in [3.63, 3.8) is 0 Å². The van der Waals surface area contributed by atoms with Gasteiger partial charge >= 0.3 is 0 Å². The molecule has 0 spiro atoms. The quantitative estimate of drug-likeness (QED) is 0.535. The molecule has 1 unspecified atom stereocenters. The number of ether oxygens (including phenoxy) is 1. The van der Waals surface area contributed by atoms with E-state index in [9.17, 15) is 8.78 Å². The van der Waals surface area contributed by atoms with E-state index in [1.807, 2.05) is 0 Å². The van der Waals surface area contributed by atoms with Crippen molar-refractivity contribution in [3.05, 3.63) is 0 Å². The molecule has 1 rings (SSSR count). The molecule has 0 bridgehead atoms. The Morgan fingerprint density at radius 3 is 2.56 bits per heavy atom. The standard InChI is InChI=1S/C5H8F2O2/c6-5(7)1-2-9-4(8)3-5/h4,8H,1-3H2. The molecule has 0 aromatic carbocycles. The first kappa shape index (κ1) is 6.89. The highest BCUT2D eigenvalue weighted by molar-refractivity contribution is 4.71. The van der Waals surface area contributed by atoms with E-state index in [4.69, 9.17) is 5.11 Å². The van der Waals surface area contributed by atoms with Gasteiger partial charge in [0, 0.05) is 6.42 Å². The zero-order valence-corrected chi connectivity index (χ0v) is 4.81. The van der Waals surface area contributed by atoms with Crippen molar-refractivity contribution in [1.29, 1.82) is 0 Å². The molecule has 1 N–H and O–H groups in total. The number of halogens is 2. The van der Waals surface area contributed by atoms with Gasteiger partial charge in [0.05, 0.1) is 13.0 Å². The molecule has 0 radical (unpaired) electrons. The minimum Gasteiger partial charge on any atom is -0.368 e. The minimum atomic E-state index is -2.72. The molecular formula is C5H8F2O2. The maximum absolute atomic E-state index is 12.2. The van der Waals surface area contributed by atoms with Gasteiger partial charge < -0.3 is 9.84 Å². The maximum Gasteiger partial charge on any atom is 0.255 e. The van der Waals surface area contributed by atoms with Crippen LogP contribution in [0.4, 0.5) is 8.78 Å².